The zero-order valence-electron chi connectivity index (χ0n) is 17.1. The van der Waals surface area contributed by atoms with E-state index in [1.165, 1.54) is 30.3 Å². The number of aromatic amines is 1. The van der Waals surface area contributed by atoms with Crippen molar-refractivity contribution in [2.24, 2.45) is 0 Å². The number of carbonyl (C=O) groups is 1. The summed E-state index contributed by atoms with van der Waals surface area (Å²) in [5, 5.41) is 10.0. The van der Waals surface area contributed by atoms with Gasteiger partial charge in [-0.3, -0.25) is 0 Å². The fourth-order valence-electron chi connectivity index (χ4n) is 3.10. The molecule has 1 heterocycles. The van der Waals surface area contributed by atoms with Gasteiger partial charge >= 0.3 is 12.1 Å². The van der Waals surface area contributed by atoms with E-state index in [0.717, 1.165) is 12.1 Å². The second-order valence-corrected chi connectivity index (χ2v) is 8.02. The number of alkyl halides is 3. The van der Waals surface area contributed by atoms with Crippen molar-refractivity contribution in [2.75, 3.05) is 0 Å². The van der Waals surface area contributed by atoms with Crippen molar-refractivity contribution in [3.8, 4) is 11.5 Å². The molecule has 0 atom stereocenters. The molecule has 0 spiro atoms. The Bertz CT molecular complexity index is 1320. The Morgan fingerprint density at radius 1 is 0.941 bits per heavy atom. The summed E-state index contributed by atoms with van der Waals surface area (Å²) >= 11 is 12.0. The van der Waals surface area contributed by atoms with Gasteiger partial charge < -0.3 is 19.6 Å². The van der Waals surface area contributed by atoms with Crippen LogP contribution in [0.3, 0.4) is 0 Å². The summed E-state index contributed by atoms with van der Waals surface area (Å²) in [5.74, 6) is -0.364. The van der Waals surface area contributed by atoms with Gasteiger partial charge in [0.05, 0.1) is 32.2 Å². The molecule has 4 rings (SSSR count). The van der Waals surface area contributed by atoms with E-state index in [1.54, 1.807) is 12.1 Å². The first-order valence-electron chi connectivity index (χ1n) is 9.73. The van der Waals surface area contributed by atoms with Gasteiger partial charge in [0.25, 0.3) is 0 Å². The highest BCUT2D eigenvalue weighted by atomic mass is 35.5. The van der Waals surface area contributed by atoms with E-state index in [9.17, 15) is 23.1 Å². The smallest absolute Gasteiger partial charge is 0.416 e. The van der Waals surface area contributed by atoms with Gasteiger partial charge in [0.15, 0.2) is 11.5 Å². The summed E-state index contributed by atoms with van der Waals surface area (Å²) in [5.41, 5.74) is 0.899. The van der Waals surface area contributed by atoms with Crippen LogP contribution >= 0.6 is 23.2 Å². The van der Waals surface area contributed by atoms with Crippen molar-refractivity contribution in [3.63, 3.8) is 0 Å². The molecule has 4 aromatic rings. The summed E-state index contributed by atoms with van der Waals surface area (Å²) < 4.78 is 49.7. The van der Waals surface area contributed by atoms with Gasteiger partial charge in [-0.2, -0.15) is 13.2 Å². The summed E-state index contributed by atoms with van der Waals surface area (Å²) in [6.07, 6.45) is -4.44. The van der Waals surface area contributed by atoms with E-state index in [-0.39, 0.29) is 30.3 Å². The number of benzene rings is 3. The molecule has 0 fully saturated rings. The second-order valence-electron chi connectivity index (χ2n) is 7.21. The minimum atomic E-state index is -4.44. The lowest BCUT2D eigenvalue weighted by atomic mass is 10.1. The first-order chi connectivity index (χ1) is 16.1. The number of ether oxygens (including phenoxy) is 2. The van der Waals surface area contributed by atoms with Gasteiger partial charge in [-0.1, -0.05) is 35.3 Å². The monoisotopic (exact) mass is 510 g/mol. The number of halogens is 5. The number of hydrogen-bond acceptors (Lipinski definition) is 4. The molecule has 0 aliphatic carbocycles. The van der Waals surface area contributed by atoms with Crippen LogP contribution in [0.15, 0.2) is 54.6 Å². The van der Waals surface area contributed by atoms with Crippen molar-refractivity contribution in [1.29, 1.82) is 0 Å². The van der Waals surface area contributed by atoms with Gasteiger partial charge in [-0.25, -0.2) is 9.78 Å². The lowest BCUT2D eigenvalue weighted by molar-refractivity contribution is -0.137. The molecule has 11 heteroatoms. The number of hydrogen-bond donors (Lipinski definition) is 2. The van der Waals surface area contributed by atoms with Gasteiger partial charge in [0.2, 0.25) is 0 Å². The van der Waals surface area contributed by atoms with E-state index in [2.05, 4.69) is 9.97 Å². The van der Waals surface area contributed by atoms with Crippen molar-refractivity contribution in [1.82, 2.24) is 9.97 Å². The predicted molar refractivity (Wildman–Crippen MR) is 120 cm³/mol. The van der Waals surface area contributed by atoms with Gasteiger partial charge in [-0.05, 0) is 48.0 Å². The number of aromatic nitrogens is 2. The van der Waals surface area contributed by atoms with E-state index < -0.39 is 17.7 Å². The van der Waals surface area contributed by atoms with E-state index in [0.29, 0.717) is 32.5 Å². The van der Waals surface area contributed by atoms with Crippen LogP contribution in [-0.2, 0) is 19.4 Å². The summed E-state index contributed by atoms with van der Waals surface area (Å²) in [7, 11) is 0. The SMILES string of the molecule is O=C(O)c1ccc(OCc2nc3cc(Cl)c(Cl)cc3[nH]2)c(OCc2ccc(C(F)(F)F)cc2)c1. The molecule has 0 saturated heterocycles. The Hall–Kier alpha value is -3.43. The molecule has 0 unspecified atom stereocenters. The molecule has 0 aliphatic rings. The molecule has 3 aromatic carbocycles. The molecule has 0 bridgehead atoms. The maximum atomic E-state index is 12.8. The van der Waals surface area contributed by atoms with Crippen LogP contribution in [-0.4, -0.2) is 21.0 Å². The Morgan fingerprint density at radius 3 is 2.29 bits per heavy atom. The van der Waals surface area contributed by atoms with Crippen molar-refractivity contribution in [2.45, 2.75) is 19.4 Å². The highest BCUT2D eigenvalue weighted by molar-refractivity contribution is 6.42. The Labute approximate surface area is 200 Å². The summed E-state index contributed by atoms with van der Waals surface area (Å²) in [4.78, 5) is 18.8. The molecule has 176 valence electrons. The predicted octanol–water partition coefficient (Wildman–Crippen LogP) is 6.74. The number of carboxylic acids is 1. The molecule has 6 nitrogen and oxygen atoms in total. The first kappa shape index (κ1) is 23.7. The van der Waals surface area contributed by atoms with Crippen LogP contribution in [0.2, 0.25) is 10.0 Å². The van der Waals surface area contributed by atoms with Crippen LogP contribution in [0.25, 0.3) is 11.0 Å². The number of fused-ring (bicyclic) bond motifs is 1. The second kappa shape index (κ2) is 9.44. The zero-order chi connectivity index (χ0) is 24.5. The average molecular weight is 511 g/mol. The summed E-state index contributed by atoms with van der Waals surface area (Å²) in [6.45, 7) is -0.105. The standard InChI is InChI=1S/C23H15Cl2F3N2O4/c24-15-8-17-18(9-16(15)25)30-21(29-17)11-34-19-6-3-13(22(31)32)7-20(19)33-10-12-1-4-14(5-2-12)23(26,27)28/h1-9H,10-11H2,(H,29,30)(H,31,32). The zero-order valence-corrected chi connectivity index (χ0v) is 18.6. The van der Waals surface area contributed by atoms with Gasteiger partial charge in [-0.15, -0.1) is 0 Å². The minimum Gasteiger partial charge on any atom is -0.485 e. The van der Waals surface area contributed by atoms with Crippen molar-refractivity contribution >= 4 is 40.2 Å². The normalized spacial score (nSPS) is 11.6. The molecule has 0 saturated carbocycles. The largest absolute Gasteiger partial charge is 0.485 e. The number of nitrogens with zero attached hydrogens (tertiary/aromatic N) is 1. The van der Waals surface area contributed by atoms with Crippen LogP contribution in [0.4, 0.5) is 13.2 Å². The third kappa shape index (κ3) is 5.37. The van der Waals surface area contributed by atoms with Gasteiger partial charge in [0.1, 0.15) is 19.0 Å². The van der Waals surface area contributed by atoms with Crippen LogP contribution < -0.4 is 9.47 Å². The maximum absolute atomic E-state index is 12.8. The Balaban J connectivity index is 1.51. The van der Waals surface area contributed by atoms with Gasteiger partial charge in [0, 0.05) is 0 Å². The van der Waals surface area contributed by atoms with Crippen molar-refractivity contribution < 1.29 is 32.5 Å². The van der Waals surface area contributed by atoms with Crippen LogP contribution in [0, 0.1) is 0 Å². The van der Waals surface area contributed by atoms with E-state index >= 15 is 0 Å². The first-order valence-corrected chi connectivity index (χ1v) is 10.5. The number of nitrogens with one attached hydrogen (secondary N) is 1. The molecule has 34 heavy (non-hydrogen) atoms. The molecular formula is C23H15Cl2F3N2O4. The lowest BCUT2D eigenvalue weighted by Gasteiger charge is -2.13. The van der Waals surface area contributed by atoms with E-state index in [1.807, 2.05) is 0 Å². The molecular weight excluding hydrogens is 496 g/mol. The molecule has 2 N–H and O–H groups in total. The van der Waals surface area contributed by atoms with E-state index in [4.69, 9.17) is 32.7 Å². The number of carboxylic acid groups (broad SMARTS) is 1. The quantitative estimate of drug-likeness (QED) is 0.287. The number of imidazole rings is 1. The summed E-state index contributed by atoms with van der Waals surface area (Å²) in [6, 6.07) is 11.8. The topological polar surface area (TPSA) is 84.4 Å². The third-order valence-corrected chi connectivity index (χ3v) is 5.53. The fraction of sp³-hybridized carbons (Fsp3) is 0.130. The molecule has 0 aliphatic heterocycles. The fourth-order valence-corrected chi connectivity index (χ4v) is 3.42. The molecule has 0 radical (unpaired) electrons. The Kier molecular flexibility index (Phi) is 6.58. The Morgan fingerprint density at radius 2 is 1.62 bits per heavy atom. The minimum absolute atomic E-state index is 0.00697. The third-order valence-electron chi connectivity index (χ3n) is 4.80. The van der Waals surface area contributed by atoms with Crippen molar-refractivity contribution in [3.05, 3.63) is 87.2 Å². The number of rotatable bonds is 7. The molecule has 1 aromatic heterocycles. The lowest BCUT2D eigenvalue weighted by Crippen LogP contribution is -2.06. The molecule has 0 amide bonds. The van der Waals surface area contributed by atoms with Crippen LogP contribution in [0.5, 0.6) is 11.5 Å². The number of aromatic carboxylic acids is 1. The maximum Gasteiger partial charge on any atom is 0.416 e. The average Bonchev–Trinajstić information content (AvgIpc) is 3.17. The number of H-pyrrole nitrogens is 1. The highest BCUT2D eigenvalue weighted by Crippen LogP contribution is 2.32. The highest BCUT2D eigenvalue weighted by Gasteiger charge is 2.29. The van der Waals surface area contributed by atoms with Crippen LogP contribution in [0.1, 0.15) is 27.3 Å².